The summed E-state index contributed by atoms with van der Waals surface area (Å²) < 4.78 is 26.0. The lowest BCUT2D eigenvalue weighted by Crippen LogP contribution is -2.03. The Balaban J connectivity index is 2.05. The number of nitrogens with one attached hydrogen (secondary N) is 1. The fourth-order valence-corrected chi connectivity index (χ4v) is 1.30. The van der Waals surface area contributed by atoms with Gasteiger partial charge in [-0.1, -0.05) is 12.1 Å². The van der Waals surface area contributed by atoms with Gasteiger partial charge in [0.1, 0.15) is 5.82 Å². The number of halogens is 2. The second-order valence-electron chi connectivity index (χ2n) is 3.25. The topological polar surface area (TPSA) is 24.9 Å². The molecule has 0 aliphatic heterocycles. The monoisotopic (exact) mass is 219 g/mol. The number of anilines is 1. The smallest absolute Gasteiger partial charge is 0.165 e. The van der Waals surface area contributed by atoms with Crippen LogP contribution in [0, 0.1) is 17.8 Å². The maximum atomic E-state index is 13.2. The molecule has 2 rings (SSSR count). The van der Waals surface area contributed by atoms with Crippen LogP contribution >= 0.6 is 0 Å². The molecule has 0 atom stereocenters. The van der Waals surface area contributed by atoms with E-state index in [2.05, 4.69) is 16.5 Å². The van der Waals surface area contributed by atoms with Crippen LogP contribution < -0.4 is 5.32 Å². The van der Waals surface area contributed by atoms with Gasteiger partial charge in [0.2, 0.25) is 0 Å². The number of rotatable bonds is 3. The molecule has 1 N–H and O–H groups in total. The largest absolute Gasteiger partial charge is 0.364 e. The summed E-state index contributed by atoms with van der Waals surface area (Å²) in [7, 11) is 0. The SMILES string of the molecule is Fc1cccc(CNc2n[c]ccc2F)c1. The number of pyridine rings is 1. The lowest BCUT2D eigenvalue weighted by atomic mass is 10.2. The van der Waals surface area contributed by atoms with Crippen LogP contribution in [-0.2, 0) is 6.54 Å². The van der Waals surface area contributed by atoms with Gasteiger partial charge in [0.25, 0.3) is 0 Å². The van der Waals surface area contributed by atoms with Crippen LogP contribution in [0.2, 0.25) is 0 Å². The van der Waals surface area contributed by atoms with Gasteiger partial charge in [-0.05, 0) is 29.8 Å². The molecule has 81 valence electrons. The van der Waals surface area contributed by atoms with E-state index in [-0.39, 0.29) is 11.6 Å². The standard InChI is InChI=1S/C12H9F2N2/c13-10-4-1-3-9(7-10)8-16-12-11(14)5-2-6-15-12/h1-5,7H,8H2,(H,15,16). The van der Waals surface area contributed by atoms with Crippen LogP contribution in [0.4, 0.5) is 14.6 Å². The molecule has 1 aromatic heterocycles. The van der Waals surface area contributed by atoms with Gasteiger partial charge in [-0.2, -0.15) is 0 Å². The van der Waals surface area contributed by atoms with Crippen molar-refractivity contribution in [3.05, 3.63) is 59.8 Å². The Morgan fingerprint density at radius 3 is 2.88 bits per heavy atom. The molecule has 2 aromatic rings. The first kappa shape index (κ1) is 10.5. The van der Waals surface area contributed by atoms with Gasteiger partial charge in [-0.15, -0.1) is 0 Å². The molecule has 0 amide bonds. The third-order valence-corrected chi connectivity index (χ3v) is 2.06. The normalized spacial score (nSPS) is 10.1. The Morgan fingerprint density at radius 2 is 2.12 bits per heavy atom. The Hall–Kier alpha value is -1.97. The Morgan fingerprint density at radius 1 is 1.25 bits per heavy atom. The number of benzene rings is 1. The minimum atomic E-state index is -0.449. The van der Waals surface area contributed by atoms with E-state index >= 15 is 0 Å². The van der Waals surface area contributed by atoms with Gasteiger partial charge in [-0.3, -0.25) is 0 Å². The molecule has 1 aromatic carbocycles. The molecule has 0 fully saturated rings. The Bertz CT molecular complexity index is 486. The fourth-order valence-electron chi connectivity index (χ4n) is 1.30. The minimum absolute atomic E-state index is 0.117. The van der Waals surface area contributed by atoms with E-state index < -0.39 is 5.82 Å². The first-order valence-electron chi connectivity index (χ1n) is 4.76. The van der Waals surface area contributed by atoms with Crippen LogP contribution in [0.1, 0.15) is 5.56 Å². The molecule has 0 aliphatic carbocycles. The maximum Gasteiger partial charge on any atom is 0.165 e. The van der Waals surface area contributed by atoms with E-state index in [9.17, 15) is 8.78 Å². The number of hydrogen-bond donors (Lipinski definition) is 1. The molecular weight excluding hydrogens is 210 g/mol. The number of nitrogens with zero attached hydrogens (tertiary/aromatic N) is 1. The fraction of sp³-hybridized carbons (Fsp3) is 0.0833. The van der Waals surface area contributed by atoms with Crippen LogP contribution in [0.5, 0.6) is 0 Å². The van der Waals surface area contributed by atoms with Gasteiger partial charge in [0.15, 0.2) is 11.6 Å². The highest BCUT2D eigenvalue weighted by atomic mass is 19.1. The average molecular weight is 219 g/mol. The summed E-state index contributed by atoms with van der Waals surface area (Å²) >= 11 is 0. The van der Waals surface area contributed by atoms with Crippen molar-refractivity contribution in [2.45, 2.75) is 6.54 Å². The molecule has 1 radical (unpaired) electrons. The van der Waals surface area contributed by atoms with E-state index in [1.807, 2.05) is 0 Å². The van der Waals surface area contributed by atoms with Crippen molar-refractivity contribution in [1.82, 2.24) is 4.98 Å². The second-order valence-corrected chi connectivity index (χ2v) is 3.25. The van der Waals surface area contributed by atoms with E-state index in [0.29, 0.717) is 6.54 Å². The first-order valence-corrected chi connectivity index (χ1v) is 4.76. The predicted molar refractivity (Wildman–Crippen MR) is 56.8 cm³/mol. The second kappa shape index (κ2) is 4.70. The third-order valence-electron chi connectivity index (χ3n) is 2.06. The zero-order chi connectivity index (χ0) is 11.4. The zero-order valence-corrected chi connectivity index (χ0v) is 8.37. The Labute approximate surface area is 92.0 Å². The first-order chi connectivity index (χ1) is 7.75. The van der Waals surface area contributed by atoms with Crippen LogP contribution in [0.3, 0.4) is 0 Å². The van der Waals surface area contributed by atoms with Crippen molar-refractivity contribution in [3.63, 3.8) is 0 Å². The zero-order valence-electron chi connectivity index (χ0n) is 8.37. The molecule has 0 unspecified atom stereocenters. The van der Waals surface area contributed by atoms with Gasteiger partial charge in [0.05, 0.1) is 6.20 Å². The van der Waals surface area contributed by atoms with E-state index in [4.69, 9.17) is 0 Å². The molecular formula is C12H9F2N2. The van der Waals surface area contributed by atoms with Crippen molar-refractivity contribution in [3.8, 4) is 0 Å². The molecule has 0 saturated heterocycles. The van der Waals surface area contributed by atoms with Gasteiger partial charge < -0.3 is 5.32 Å². The molecule has 0 saturated carbocycles. The highest BCUT2D eigenvalue weighted by Crippen LogP contribution is 2.10. The molecule has 2 nitrogen and oxygen atoms in total. The summed E-state index contributed by atoms with van der Waals surface area (Å²) in [6, 6.07) is 8.76. The summed E-state index contributed by atoms with van der Waals surface area (Å²) in [5, 5.41) is 2.77. The minimum Gasteiger partial charge on any atom is -0.364 e. The summed E-state index contributed by atoms with van der Waals surface area (Å²) in [5.74, 6) is -0.644. The predicted octanol–water partition coefficient (Wildman–Crippen LogP) is 2.77. The van der Waals surface area contributed by atoms with Crippen molar-refractivity contribution in [1.29, 1.82) is 0 Å². The van der Waals surface area contributed by atoms with Crippen LogP contribution in [0.15, 0.2) is 36.4 Å². The maximum absolute atomic E-state index is 13.2. The highest BCUT2D eigenvalue weighted by Gasteiger charge is 2.01. The van der Waals surface area contributed by atoms with Crippen LogP contribution in [0.25, 0.3) is 0 Å². The molecule has 0 spiro atoms. The van der Waals surface area contributed by atoms with Crippen molar-refractivity contribution in [2.75, 3.05) is 5.32 Å². The van der Waals surface area contributed by atoms with Gasteiger partial charge >= 0.3 is 0 Å². The summed E-state index contributed by atoms with van der Waals surface area (Å²) in [6.45, 7) is 0.319. The lowest BCUT2D eigenvalue weighted by molar-refractivity contribution is 0.622. The number of hydrogen-bond acceptors (Lipinski definition) is 2. The Kier molecular flexibility index (Phi) is 3.10. The molecule has 0 bridgehead atoms. The third kappa shape index (κ3) is 2.53. The van der Waals surface area contributed by atoms with E-state index in [1.165, 1.54) is 24.3 Å². The van der Waals surface area contributed by atoms with Crippen molar-refractivity contribution >= 4 is 5.82 Å². The van der Waals surface area contributed by atoms with E-state index in [1.54, 1.807) is 12.1 Å². The summed E-state index contributed by atoms with van der Waals surface area (Å²) in [6.07, 6.45) is 2.52. The van der Waals surface area contributed by atoms with Gasteiger partial charge in [-0.25, -0.2) is 13.8 Å². The molecule has 16 heavy (non-hydrogen) atoms. The van der Waals surface area contributed by atoms with Crippen molar-refractivity contribution in [2.24, 2.45) is 0 Å². The van der Waals surface area contributed by atoms with E-state index in [0.717, 1.165) is 5.56 Å². The van der Waals surface area contributed by atoms with Gasteiger partial charge in [0, 0.05) is 6.54 Å². The lowest BCUT2D eigenvalue weighted by Gasteiger charge is -2.05. The molecule has 1 heterocycles. The summed E-state index contributed by atoms with van der Waals surface area (Å²) in [5.41, 5.74) is 0.727. The quantitative estimate of drug-likeness (QED) is 0.858. The number of aromatic nitrogens is 1. The summed E-state index contributed by atoms with van der Waals surface area (Å²) in [4.78, 5) is 3.71. The van der Waals surface area contributed by atoms with Crippen molar-refractivity contribution < 1.29 is 8.78 Å². The highest BCUT2D eigenvalue weighted by molar-refractivity contribution is 5.36. The average Bonchev–Trinajstić information content (AvgIpc) is 2.28. The van der Waals surface area contributed by atoms with Crippen LogP contribution in [-0.4, -0.2) is 4.98 Å². The molecule has 4 heteroatoms. The molecule has 0 aliphatic rings.